The van der Waals surface area contributed by atoms with E-state index >= 15 is 0 Å². The van der Waals surface area contributed by atoms with E-state index in [9.17, 15) is 9.59 Å². The number of hydrogen-bond acceptors (Lipinski definition) is 3. The zero-order chi connectivity index (χ0) is 18.7. The Hall–Kier alpha value is -2.88. The molecule has 3 aromatic carbocycles. The first-order valence-corrected chi connectivity index (χ1v) is 8.72. The van der Waals surface area contributed by atoms with Gasteiger partial charge in [-0.15, -0.1) is 0 Å². The lowest BCUT2D eigenvalue weighted by Gasteiger charge is -2.24. The highest BCUT2D eigenvalue weighted by Gasteiger charge is 2.23. The van der Waals surface area contributed by atoms with Crippen LogP contribution in [0.4, 0.5) is 4.79 Å². The average molecular weight is 349 g/mol. The van der Waals surface area contributed by atoms with Crippen LogP contribution in [0.1, 0.15) is 38.8 Å². The van der Waals surface area contributed by atoms with Crippen LogP contribution in [0.5, 0.6) is 0 Å². The maximum atomic E-state index is 12.3. The predicted molar refractivity (Wildman–Crippen MR) is 104 cm³/mol. The minimum Gasteiger partial charge on any atom is -0.444 e. The van der Waals surface area contributed by atoms with Crippen LogP contribution < -0.4 is 5.32 Å². The fraction of sp³-hybridized carbons (Fsp3) is 0.273. The van der Waals surface area contributed by atoms with E-state index in [0.29, 0.717) is 0 Å². The Morgan fingerprint density at radius 1 is 1.04 bits per heavy atom. The van der Waals surface area contributed by atoms with Crippen molar-refractivity contribution in [1.82, 2.24) is 5.32 Å². The van der Waals surface area contributed by atoms with Crippen LogP contribution in [-0.4, -0.2) is 18.0 Å². The van der Waals surface area contributed by atoms with Gasteiger partial charge >= 0.3 is 6.09 Å². The number of nitrogens with one attached hydrogen (secondary N) is 1. The minimum absolute atomic E-state index is 0.178. The topological polar surface area (TPSA) is 55.4 Å². The Morgan fingerprint density at radius 2 is 1.58 bits per heavy atom. The molecule has 1 N–H and O–H groups in total. The zero-order valence-electron chi connectivity index (χ0n) is 15.3. The van der Waals surface area contributed by atoms with Crippen molar-refractivity contribution >= 4 is 33.9 Å². The molecule has 134 valence electrons. The van der Waals surface area contributed by atoms with Crippen LogP contribution in [-0.2, 0) is 9.53 Å². The number of alkyl carbamates (subject to hydrolysis) is 1. The summed E-state index contributed by atoms with van der Waals surface area (Å²) >= 11 is 0. The molecule has 0 heterocycles. The first-order chi connectivity index (χ1) is 12.4. The second-order valence-corrected chi connectivity index (χ2v) is 7.33. The van der Waals surface area contributed by atoms with Gasteiger partial charge in [0.25, 0.3) is 0 Å². The van der Waals surface area contributed by atoms with Crippen molar-refractivity contribution in [1.29, 1.82) is 0 Å². The minimum atomic E-state index is -0.601. The third kappa shape index (κ3) is 3.85. The highest BCUT2D eigenvalue weighted by molar-refractivity contribution is 6.03. The van der Waals surface area contributed by atoms with E-state index in [1.165, 1.54) is 0 Å². The van der Waals surface area contributed by atoms with Gasteiger partial charge in [0.1, 0.15) is 11.9 Å². The van der Waals surface area contributed by atoms with Crippen LogP contribution in [0, 0.1) is 0 Å². The maximum Gasteiger partial charge on any atom is 0.408 e. The molecular weight excluding hydrogens is 326 g/mol. The zero-order valence-corrected chi connectivity index (χ0v) is 15.3. The third-order valence-electron chi connectivity index (χ3n) is 4.18. The molecular formula is C22H23NO3. The molecule has 0 aliphatic carbocycles. The quantitative estimate of drug-likeness (QED) is 0.523. The summed E-state index contributed by atoms with van der Waals surface area (Å²) in [5.41, 5.74) is 0.341. The monoisotopic (exact) mass is 349 g/mol. The Morgan fingerprint density at radius 3 is 2.08 bits per heavy atom. The van der Waals surface area contributed by atoms with Crippen molar-refractivity contribution in [3.05, 3.63) is 60.2 Å². The Labute approximate surface area is 153 Å². The molecule has 1 amide bonds. The summed E-state index contributed by atoms with van der Waals surface area (Å²) in [4.78, 5) is 23.7. The number of carbonyl (C=O) groups is 2. The van der Waals surface area contributed by atoms with Gasteiger partial charge in [0.15, 0.2) is 0 Å². The lowest BCUT2D eigenvalue weighted by Crippen LogP contribution is -2.35. The van der Waals surface area contributed by atoms with Gasteiger partial charge in [-0.05, 0) is 53.9 Å². The summed E-state index contributed by atoms with van der Waals surface area (Å²) < 4.78 is 5.39. The van der Waals surface area contributed by atoms with E-state index in [-0.39, 0.29) is 6.42 Å². The molecule has 0 spiro atoms. The van der Waals surface area contributed by atoms with E-state index in [4.69, 9.17) is 4.74 Å². The van der Waals surface area contributed by atoms with E-state index < -0.39 is 17.7 Å². The van der Waals surface area contributed by atoms with Gasteiger partial charge in [-0.2, -0.15) is 0 Å². The van der Waals surface area contributed by atoms with Gasteiger partial charge in [0.05, 0.1) is 6.04 Å². The molecule has 0 aliphatic heterocycles. The van der Waals surface area contributed by atoms with E-state index in [2.05, 4.69) is 11.4 Å². The maximum absolute atomic E-state index is 12.3. The SMILES string of the molecule is CC(C)(C)OC(=O)N[C@@H](CC=O)c1c2ccccc2cc2ccccc12. The van der Waals surface area contributed by atoms with Crippen molar-refractivity contribution in [3.8, 4) is 0 Å². The Balaban J connectivity index is 2.14. The molecule has 3 rings (SSSR count). The summed E-state index contributed by atoms with van der Waals surface area (Å²) in [6, 6.07) is 17.7. The fourth-order valence-electron chi connectivity index (χ4n) is 3.22. The van der Waals surface area contributed by atoms with Gasteiger partial charge in [0, 0.05) is 6.42 Å². The average Bonchev–Trinajstić information content (AvgIpc) is 2.57. The molecule has 0 radical (unpaired) electrons. The summed E-state index contributed by atoms with van der Waals surface area (Å²) in [7, 11) is 0. The van der Waals surface area contributed by atoms with E-state index in [1.54, 1.807) is 0 Å². The van der Waals surface area contributed by atoms with Gasteiger partial charge in [0.2, 0.25) is 0 Å². The second kappa shape index (κ2) is 7.16. The Kier molecular flexibility index (Phi) is 4.94. The normalized spacial score (nSPS) is 12.7. The van der Waals surface area contributed by atoms with Crippen LogP contribution in [0.2, 0.25) is 0 Å². The standard InChI is InChI=1S/C22H23NO3/c1-22(2,3)26-21(25)23-19(12-13-24)20-17-10-6-4-8-15(17)14-16-9-5-7-11-18(16)20/h4-11,13-14,19H,12H2,1-3H3,(H,23,25)/t19-/m0/s1. The Bertz CT molecular complexity index is 902. The van der Waals surface area contributed by atoms with Crippen LogP contribution in [0.3, 0.4) is 0 Å². The van der Waals surface area contributed by atoms with Crippen molar-refractivity contribution in [2.24, 2.45) is 0 Å². The molecule has 0 aliphatic rings. The first kappa shape index (κ1) is 17.9. The number of carbonyl (C=O) groups excluding carboxylic acids is 2. The molecule has 0 saturated heterocycles. The summed E-state index contributed by atoms with van der Waals surface area (Å²) in [6.45, 7) is 5.44. The molecule has 1 atom stereocenters. The van der Waals surface area contributed by atoms with Crippen molar-refractivity contribution in [3.63, 3.8) is 0 Å². The number of aldehydes is 1. The predicted octanol–water partition coefficient (Wildman–Crippen LogP) is 5.15. The highest BCUT2D eigenvalue weighted by atomic mass is 16.6. The van der Waals surface area contributed by atoms with Crippen LogP contribution >= 0.6 is 0 Å². The summed E-state index contributed by atoms with van der Waals surface area (Å²) in [5.74, 6) is 0. The van der Waals surface area contributed by atoms with Gasteiger partial charge in [-0.3, -0.25) is 0 Å². The van der Waals surface area contributed by atoms with Gasteiger partial charge < -0.3 is 14.8 Å². The van der Waals surface area contributed by atoms with Crippen molar-refractivity contribution in [2.45, 2.75) is 38.8 Å². The third-order valence-corrected chi connectivity index (χ3v) is 4.18. The molecule has 0 unspecified atom stereocenters. The second-order valence-electron chi connectivity index (χ2n) is 7.33. The fourth-order valence-corrected chi connectivity index (χ4v) is 3.22. The number of rotatable bonds is 4. The molecule has 0 saturated carbocycles. The molecule has 4 heteroatoms. The van der Waals surface area contributed by atoms with Crippen molar-refractivity contribution in [2.75, 3.05) is 0 Å². The highest BCUT2D eigenvalue weighted by Crippen LogP contribution is 2.34. The molecule has 0 fully saturated rings. The lowest BCUT2D eigenvalue weighted by atomic mass is 9.91. The summed E-state index contributed by atoms with van der Waals surface area (Å²) in [5, 5.41) is 7.07. The first-order valence-electron chi connectivity index (χ1n) is 8.72. The molecule has 0 bridgehead atoms. The molecule has 4 nitrogen and oxygen atoms in total. The lowest BCUT2D eigenvalue weighted by molar-refractivity contribution is -0.108. The van der Waals surface area contributed by atoms with Gasteiger partial charge in [-0.25, -0.2) is 4.79 Å². The number of ether oxygens (including phenoxy) is 1. The molecule has 3 aromatic rings. The van der Waals surface area contributed by atoms with Crippen molar-refractivity contribution < 1.29 is 14.3 Å². The molecule has 0 aromatic heterocycles. The largest absolute Gasteiger partial charge is 0.444 e. The molecule has 26 heavy (non-hydrogen) atoms. The number of benzene rings is 3. The van der Waals surface area contributed by atoms with Crippen LogP contribution in [0.25, 0.3) is 21.5 Å². The van der Waals surface area contributed by atoms with Crippen LogP contribution in [0.15, 0.2) is 54.6 Å². The summed E-state index contributed by atoms with van der Waals surface area (Å²) in [6.07, 6.45) is 0.483. The number of amides is 1. The van der Waals surface area contributed by atoms with E-state index in [1.807, 2.05) is 69.3 Å². The van der Waals surface area contributed by atoms with Gasteiger partial charge in [-0.1, -0.05) is 48.5 Å². The number of fused-ring (bicyclic) bond motifs is 2. The smallest absolute Gasteiger partial charge is 0.408 e. The number of hydrogen-bond donors (Lipinski definition) is 1. The van der Waals surface area contributed by atoms with E-state index in [0.717, 1.165) is 33.4 Å².